The van der Waals surface area contributed by atoms with Crippen molar-refractivity contribution in [3.8, 4) is 0 Å². The number of hydrogen-bond acceptors (Lipinski definition) is 1. The van der Waals surface area contributed by atoms with Gasteiger partial charge < -0.3 is 5.32 Å². The molecule has 17 heavy (non-hydrogen) atoms. The Bertz CT molecular complexity index is 418. The molecule has 0 unspecified atom stereocenters. The molecule has 2 nitrogen and oxygen atoms in total. The molecule has 1 amide bonds. The lowest BCUT2D eigenvalue weighted by Crippen LogP contribution is -2.33. The Labute approximate surface area is 110 Å². The smallest absolute Gasteiger partial charge is 0.251 e. The Morgan fingerprint density at radius 1 is 1.47 bits per heavy atom. The van der Waals surface area contributed by atoms with Crippen LogP contribution in [0, 0.1) is 11.2 Å². The molecule has 1 rings (SSSR count). The van der Waals surface area contributed by atoms with Crippen LogP contribution < -0.4 is 5.32 Å². The molecule has 0 aliphatic carbocycles. The second-order valence-electron chi connectivity index (χ2n) is 4.83. The van der Waals surface area contributed by atoms with E-state index in [1.54, 1.807) is 6.07 Å². The summed E-state index contributed by atoms with van der Waals surface area (Å²) in [5.74, 6) is -0.662. The number of amides is 1. The SMILES string of the molecule is CCC(C)(C)CNC(=O)c1ccc(Br)c(F)c1. The average molecular weight is 302 g/mol. The molecule has 0 aliphatic heterocycles. The monoisotopic (exact) mass is 301 g/mol. The maximum atomic E-state index is 13.3. The summed E-state index contributed by atoms with van der Waals surface area (Å²) in [5.41, 5.74) is 0.404. The standard InChI is InChI=1S/C13H17BrFNO/c1-4-13(2,3)8-16-12(17)9-5-6-10(14)11(15)7-9/h5-7H,4,8H2,1-3H3,(H,16,17). The molecule has 1 N–H and O–H groups in total. The van der Waals surface area contributed by atoms with Gasteiger partial charge in [0.2, 0.25) is 0 Å². The zero-order chi connectivity index (χ0) is 13.1. The molecule has 0 aliphatic rings. The van der Waals surface area contributed by atoms with E-state index in [0.29, 0.717) is 16.6 Å². The maximum Gasteiger partial charge on any atom is 0.251 e. The lowest BCUT2D eigenvalue weighted by Gasteiger charge is -2.22. The first kappa shape index (κ1) is 14.2. The minimum atomic E-state index is -0.424. The van der Waals surface area contributed by atoms with Gasteiger partial charge in [-0.1, -0.05) is 20.8 Å². The van der Waals surface area contributed by atoms with Crippen LogP contribution in [-0.2, 0) is 0 Å². The molecule has 0 radical (unpaired) electrons. The molecular formula is C13H17BrFNO. The average Bonchev–Trinajstić information content (AvgIpc) is 2.30. The maximum absolute atomic E-state index is 13.3. The Morgan fingerprint density at radius 3 is 2.65 bits per heavy atom. The van der Waals surface area contributed by atoms with E-state index in [4.69, 9.17) is 0 Å². The first-order valence-corrected chi connectivity index (χ1v) is 6.38. The van der Waals surface area contributed by atoms with Crippen molar-refractivity contribution in [3.05, 3.63) is 34.1 Å². The third-order valence-corrected chi connectivity index (χ3v) is 3.51. The second-order valence-corrected chi connectivity index (χ2v) is 5.68. The Balaban J connectivity index is 2.68. The van der Waals surface area contributed by atoms with E-state index in [1.807, 2.05) is 0 Å². The number of hydrogen-bond donors (Lipinski definition) is 1. The third-order valence-electron chi connectivity index (χ3n) is 2.87. The fraction of sp³-hybridized carbons (Fsp3) is 0.462. The predicted molar refractivity (Wildman–Crippen MR) is 70.5 cm³/mol. The number of halogens is 2. The van der Waals surface area contributed by atoms with Crippen LogP contribution in [0.5, 0.6) is 0 Å². The molecule has 0 fully saturated rings. The highest BCUT2D eigenvalue weighted by atomic mass is 79.9. The third kappa shape index (κ3) is 4.11. The number of nitrogens with one attached hydrogen (secondary N) is 1. The van der Waals surface area contributed by atoms with Gasteiger partial charge in [-0.2, -0.15) is 0 Å². The van der Waals surface area contributed by atoms with E-state index in [1.165, 1.54) is 12.1 Å². The van der Waals surface area contributed by atoms with Crippen molar-refractivity contribution < 1.29 is 9.18 Å². The highest BCUT2D eigenvalue weighted by molar-refractivity contribution is 9.10. The normalized spacial score (nSPS) is 11.4. The van der Waals surface area contributed by atoms with E-state index in [-0.39, 0.29) is 11.3 Å². The number of carbonyl (C=O) groups is 1. The number of benzene rings is 1. The van der Waals surface area contributed by atoms with Gasteiger partial charge in [-0.05, 0) is 46.0 Å². The largest absolute Gasteiger partial charge is 0.352 e. The van der Waals surface area contributed by atoms with Gasteiger partial charge in [-0.15, -0.1) is 0 Å². The highest BCUT2D eigenvalue weighted by Gasteiger charge is 2.17. The van der Waals surface area contributed by atoms with Crippen molar-refractivity contribution in [2.45, 2.75) is 27.2 Å². The lowest BCUT2D eigenvalue weighted by atomic mass is 9.90. The van der Waals surface area contributed by atoms with Crippen molar-refractivity contribution in [2.75, 3.05) is 6.54 Å². The van der Waals surface area contributed by atoms with Crippen molar-refractivity contribution >= 4 is 21.8 Å². The zero-order valence-corrected chi connectivity index (χ0v) is 11.9. The van der Waals surface area contributed by atoms with E-state index in [9.17, 15) is 9.18 Å². The van der Waals surface area contributed by atoms with Crippen LogP contribution in [0.25, 0.3) is 0 Å². The first-order chi connectivity index (χ1) is 7.85. The number of carbonyl (C=O) groups excluding carboxylic acids is 1. The topological polar surface area (TPSA) is 29.1 Å². The predicted octanol–water partition coefficient (Wildman–Crippen LogP) is 3.75. The van der Waals surface area contributed by atoms with E-state index in [0.717, 1.165) is 6.42 Å². The van der Waals surface area contributed by atoms with Gasteiger partial charge in [0.05, 0.1) is 4.47 Å². The molecular weight excluding hydrogens is 285 g/mol. The summed E-state index contributed by atoms with van der Waals surface area (Å²) >= 11 is 3.05. The van der Waals surface area contributed by atoms with Crippen LogP contribution in [-0.4, -0.2) is 12.5 Å². The van der Waals surface area contributed by atoms with Gasteiger partial charge in [0.25, 0.3) is 5.91 Å². The molecule has 0 bridgehead atoms. The van der Waals surface area contributed by atoms with Crippen LogP contribution in [0.1, 0.15) is 37.6 Å². The van der Waals surface area contributed by atoms with Crippen molar-refractivity contribution in [1.82, 2.24) is 5.32 Å². The van der Waals surface area contributed by atoms with Crippen LogP contribution in [0.15, 0.2) is 22.7 Å². The van der Waals surface area contributed by atoms with Crippen molar-refractivity contribution in [2.24, 2.45) is 5.41 Å². The van der Waals surface area contributed by atoms with Gasteiger partial charge >= 0.3 is 0 Å². The summed E-state index contributed by atoms with van der Waals surface area (Å²) < 4.78 is 13.6. The molecule has 1 aromatic rings. The Kier molecular flexibility index (Phi) is 4.69. The summed E-state index contributed by atoms with van der Waals surface area (Å²) in [6, 6.07) is 4.37. The van der Waals surface area contributed by atoms with Crippen LogP contribution >= 0.6 is 15.9 Å². The second kappa shape index (κ2) is 5.63. The molecule has 0 spiro atoms. The molecule has 94 valence electrons. The summed E-state index contributed by atoms with van der Waals surface area (Å²) in [5, 5.41) is 2.82. The van der Waals surface area contributed by atoms with Crippen LogP contribution in [0.4, 0.5) is 4.39 Å². The van der Waals surface area contributed by atoms with Gasteiger partial charge in [0.15, 0.2) is 0 Å². The van der Waals surface area contributed by atoms with E-state index in [2.05, 4.69) is 42.0 Å². The summed E-state index contributed by atoms with van der Waals surface area (Å²) in [6.45, 7) is 6.82. The summed E-state index contributed by atoms with van der Waals surface area (Å²) in [7, 11) is 0. The van der Waals surface area contributed by atoms with Crippen LogP contribution in [0.3, 0.4) is 0 Å². The first-order valence-electron chi connectivity index (χ1n) is 5.59. The Hall–Kier alpha value is -0.900. The fourth-order valence-corrected chi connectivity index (χ4v) is 1.43. The van der Waals surface area contributed by atoms with Gasteiger partial charge in [0, 0.05) is 12.1 Å². The van der Waals surface area contributed by atoms with Gasteiger partial charge in [-0.25, -0.2) is 4.39 Å². The molecule has 0 saturated heterocycles. The van der Waals surface area contributed by atoms with E-state index >= 15 is 0 Å². The van der Waals surface area contributed by atoms with E-state index < -0.39 is 5.82 Å². The summed E-state index contributed by atoms with van der Waals surface area (Å²) in [4.78, 5) is 11.8. The molecule has 0 heterocycles. The quantitative estimate of drug-likeness (QED) is 0.901. The minimum absolute atomic E-state index is 0.0591. The molecule has 0 atom stereocenters. The lowest BCUT2D eigenvalue weighted by molar-refractivity contribution is 0.0935. The van der Waals surface area contributed by atoms with Crippen molar-refractivity contribution in [3.63, 3.8) is 0 Å². The molecule has 4 heteroatoms. The highest BCUT2D eigenvalue weighted by Crippen LogP contribution is 2.19. The van der Waals surface area contributed by atoms with Gasteiger partial charge in [-0.3, -0.25) is 4.79 Å². The zero-order valence-electron chi connectivity index (χ0n) is 10.3. The minimum Gasteiger partial charge on any atom is -0.352 e. The summed E-state index contributed by atoms with van der Waals surface area (Å²) in [6.07, 6.45) is 0.974. The van der Waals surface area contributed by atoms with Crippen LogP contribution in [0.2, 0.25) is 0 Å². The molecule has 0 aromatic heterocycles. The number of rotatable bonds is 4. The fourth-order valence-electron chi connectivity index (χ4n) is 1.18. The Morgan fingerprint density at radius 2 is 2.12 bits per heavy atom. The van der Waals surface area contributed by atoms with Gasteiger partial charge in [0.1, 0.15) is 5.82 Å². The van der Waals surface area contributed by atoms with Crippen molar-refractivity contribution in [1.29, 1.82) is 0 Å². The molecule has 1 aromatic carbocycles. The molecule has 0 saturated carbocycles.